The van der Waals surface area contributed by atoms with Crippen molar-refractivity contribution in [2.75, 3.05) is 25.1 Å². The molecule has 6 heteroatoms. The highest BCUT2D eigenvalue weighted by Crippen LogP contribution is 2.38. The number of carbonyl (C=O) groups is 1. The van der Waals surface area contributed by atoms with Crippen LogP contribution in [0, 0.1) is 6.92 Å². The molecule has 1 saturated heterocycles. The van der Waals surface area contributed by atoms with Gasteiger partial charge in [0.15, 0.2) is 0 Å². The second kappa shape index (κ2) is 5.83. The molecule has 2 aliphatic heterocycles. The normalized spacial score (nSPS) is 22.9. The molecule has 1 aromatic heterocycles. The lowest BCUT2D eigenvalue weighted by Gasteiger charge is -2.43. The smallest absolute Gasteiger partial charge is 0.410 e. The molecule has 1 amide bonds. The Hall–Kier alpha value is -1.98. The Kier molecular flexibility index (Phi) is 4.10. The van der Waals surface area contributed by atoms with Crippen molar-refractivity contribution in [2.45, 2.75) is 58.7 Å². The summed E-state index contributed by atoms with van der Waals surface area (Å²) in [6.45, 7) is 11.1. The summed E-state index contributed by atoms with van der Waals surface area (Å²) in [5.74, 6) is 1.86. The van der Waals surface area contributed by atoms with Gasteiger partial charge in [-0.2, -0.15) is 0 Å². The fourth-order valence-electron chi connectivity index (χ4n) is 3.65. The van der Waals surface area contributed by atoms with Gasteiger partial charge in [-0.1, -0.05) is 0 Å². The SMILES string of the molecule is COc1cc2c(nc1C)N1[C@H](C2)CN(C(=O)OC(C)(C)C)C[C@H]1C. The number of nitrogens with zero attached hydrogens (tertiary/aromatic N) is 3. The minimum Gasteiger partial charge on any atom is -0.495 e. The van der Waals surface area contributed by atoms with E-state index in [0.29, 0.717) is 13.1 Å². The van der Waals surface area contributed by atoms with Crippen LogP contribution in [0.25, 0.3) is 0 Å². The molecule has 1 fully saturated rings. The minimum atomic E-state index is -0.470. The van der Waals surface area contributed by atoms with Gasteiger partial charge >= 0.3 is 6.09 Å². The van der Waals surface area contributed by atoms with Crippen LogP contribution in [0.1, 0.15) is 39.0 Å². The molecular formula is C18H27N3O3. The van der Waals surface area contributed by atoms with E-state index in [4.69, 9.17) is 14.5 Å². The summed E-state index contributed by atoms with van der Waals surface area (Å²) in [7, 11) is 1.67. The van der Waals surface area contributed by atoms with Crippen LogP contribution in [0.2, 0.25) is 0 Å². The van der Waals surface area contributed by atoms with Crippen molar-refractivity contribution in [1.29, 1.82) is 0 Å². The number of methoxy groups -OCH3 is 1. The molecule has 0 spiro atoms. The number of aromatic nitrogens is 1. The summed E-state index contributed by atoms with van der Waals surface area (Å²) in [5.41, 5.74) is 1.63. The van der Waals surface area contributed by atoms with Crippen LogP contribution < -0.4 is 9.64 Å². The maximum Gasteiger partial charge on any atom is 0.410 e. The molecular weight excluding hydrogens is 306 g/mol. The first-order valence-electron chi connectivity index (χ1n) is 8.50. The molecule has 6 nitrogen and oxygen atoms in total. The zero-order valence-electron chi connectivity index (χ0n) is 15.4. The lowest BCUT2D eigenvalue weighted by Crippen LogP contribution is -2.58. The van der Waals surface area contributed by atoms with Gasteiger partial charge in [0, 0.05) is 24.7 Å². The summed E-state index contributed by atoms with van der Waals surface area (Å²) in [5, 5.41) is 0. The molecule has 3 heterocycles. The lowest BCUT2D eigenvalue weighted by molar-refractivity contribution is 0.0191. The first-order valence-corrected chi connectivity index (χ1v) is 8.50. The van der Waals surface area contributed by atoms with Crippen LogP contribution in [0.5, 0.6) is 5.75 Å². The number of amides is 1. The lowest BCUT2D eigenvalue weighted by atomic mass is 10.1. The van der Waals surface area contributed by atoms with Crippen molar-refractivity contribution in [3.05, 3.63) is 17.3 Å². The summed E-state index contributed by atoms with van der Waals surface area (Å²) in [6.07, 6.45) is 0.648. The van der Waals surface area contributed by atoms with Crippen LogP contribution in [0.4, 0.5) is 10.6 Å². The standard InChI is InChI=1S/C18H27N3O3/c1-11-9-20(17(22)24-18(3,4)5)10-14-7-13-8-15(23-6)12(2)19-16(13)21(11)14/h8,11,14H,7,9-10H2,1-6H3/t11-,14-/m1/s1. The summed E-state index contributed by atoms with van der Waals surface area (Å²) in [6, 6.07) is 2.54. The number of carbonyl (C=O) groups excluding carboxylic acids is 1. The van der Waals surface area contributed by atoms with E-state index in [9.17, 15) is 4.79 Å². The average molecular weight is 333 g/mol. The molecule has 2 aliphatic rings. The Morgan fingerprint density at radius 2 is 2.04 bits per heavy atom. The van der Waals surface area contributed by atoms with Crippen LogP contribution in [-0.2, 0) is 11.2 Å². The molecule has 0 unspecified atom stereocenters. The molecule has 0 radical (unpaired) electrons. The summed E-state index contributed by atoms with van der Waals surface area (Å²) < 4.78 is 10.9. The van der Waals surface area contributed by atoms with Crippen LogP contribution in [-0.4, -0.2) is 53.9 Å². The third-order valence-corrected chi connectivity index (χ3v) is 4.58. The molecule has 0 bridgehead atoms. The van der Waals surface area contributed by atoms with E-state index < -0.39 is 5.60 Å². The van der Waals surface area contributed by atoms with E-state index in [-0.39, 0.29) is 18.2 Å². The Bertz CT molecular complexity index is 654. The van der Waals surface area contributed by atoms with E-state index in [1.807, 2.05) is 32.6 Å². The molecule has 0 aliphatic carbocycles. The zero-order chi connectivity index (χ0) is 17.6. The van der Waals surface area contributed by atoms with Crippen LogP contribution >= 0.6 is 0 Å². The Morgan fingerprint density at radius 1 is 1.33 bits per heavy atom. The Morgan fingerprint density at radius 3 is 2.67 bits per heavy atom. The van der Waals surface area contributed by atoms with Gasteiger partial charge in [0.05, 0.1) is 18.8 Å². The predicted octanol–water partition coefficient (Wildman–Crippen LogP) is 2.77. The number of aryl methyl sites for hydroxylation is 1. The number of anilines is 1. The van der Waals surface area contributed by atoms with E-state index in [1.165, 1.54) is 5.56 Å². The zero-order valence-corrected chi connectivity index (χ0v) is 15.4. The maximum atomic E-state index is 12.4. The highest BCUT2D eigenvalue weighted by molar-refractivity contribution is 5.69. The molecule has 3 rings (SSSR count). The van der Waals surface area contributed by atoms with Crippen molar-refractivity contribution in [2.24, 2.45) is 0 Å². The first-order chi connectivity index (χ1) is 11.2. The Labute approximate surface area is 143 Å². The van der Waals surface area contributed by atoms with Gasteiger partial charge in [-0.15, -0.1) is 0 Å². The van der Waals surface area contributed by atoms with Gasteiger partial charge in [-0.25, -0.2) is 9.78 Å². The number of pyridine rings is 1. The molecule has 2 atom stereocenters. The topological polar surface area (TPSA) is 54.9 Å². The quantitative estimate of drug-likeness (QED) is 0.791. The largest absolute Gasteiger partial charge is 0.495 e. The third kappa shape index (κ3) is 3.01. The van der Waals surface area contributed by atoms with Crippen molar-refractivity contribution in [1.82, 2.24) is 9.88 Å². The molecule has 0 saturated carbocycles. The number of rotatable bonds is 1. The van der Waals surface area contributed by atoms with Gasteiger partial charge in [0.2, 0.25) is 0 Å². The van der Waals surface area contributed by atoms with Gasteiger partial charge in [-0.3, -0.25) is 0 Å². The molecule has 132 valence electrons. The van der Waals surface area contributed by atoms with Crippen molar-refractivity contribution >= 4 is 11.9 Å². The second-order valence-electron chi connectivity index (χ2n) is 7.76. The third-order valence-electron chi connectivity index (χ3n) is 4.58. The highest BCUT2D eigenvalue weighted by Gasteiger charge is 2.41. The maximum absolute atomic E-state index is 12.4. The van der Waals surface area contributed by atoms with Gasteiger partial charge < -0.3 is 19.3 Å². The second-order valence-corrected chi connectivity index (χ2v) is 7.76. The molecule has 0 N–H and O–H groups in total. The van der Waals surface area contributed by atoms with Gasteiger partial charge in [0.25, 0.3) is 0 Å². The van der Waals surface area contributed by atoms with E-state index in [2.05, 4.69) is 17.9 Å². The average Bonchev–Trinajstić information content (AvgIpc) is 2.82. The number of ether oxygens (including phenoxy) is 2. The first kappa shape index (κ1) is 16.9. The fourth-order valence-corrected chi connectivity index (χ4v) is 3.65. The van der Waals surface area contributed by atoms with E-state index >= 15 is 0 Å². The molecule has 0 aromatic carbocycles. The summed E-state index contributed by atoms with van der Waals surface area (Å²) in [4.78, 5) is 21.4. The number of piperazine rings is 1. The van der Waals surface area contributed by atoms with Crippen molar-refractivity contribution < 1.29 is 14.3 Å². The van der Waals surface area contributed by atoms with E-state index in [0.717, 1.165) is 23.7 Å². The van der Waals surface area contributed by atoms with E-state index in [1.54, 1.807) is 7.11 Å². The molecule has 1 aromatic rings. The van der Waals surface area contributed by atoms with Crippen molar-refractivity contribution in [3.8, 4) is 5.75 Å². The highest BCUT2D eigenvalue weighted by atomic mass is 16.6. The van der Waals surface area contributed by atoms with Crippen LogP contribution in [0.3, 0.4) is 0 Å². The predicted molar refractivity (Wildman–Crippen MR) is 92.8 cm³/mol. The molecule has 24 heavy (non-hydrogen) atoms. The number of hydrogen-bond donors (Lipinski definition) is 0. The van der Waals surface area contributed by atoms with Gasteiger partial charge in [-0.05, 0) is 47.1 Å². The minimum absolute atomic E-state index is 0.206. The summed E-state index contributed by atoms with van der Waals surface area (Å²) >= 11 is 0. The number of fused-ring (bicyclic) bond motifs is 3. The van der Waals surface area contributed by atoms with Gasteiger partial charge in [0.1, 0.15) is 17.2 Å². The van der Waals surface area contributed by atoms with Crippen molar-refractivity contribution in [3.63, 3.8) is 0 Å². The number of hydrogen-bond acceptors (Lipinski definition) is 5. The van der Waals surface area contributed by atoms with Crippen LogP contribution in [0.15, 0.2) is 6.07 Å². The monoisotopic (exact) mass is 333 g/mol. The fraction of sp³-hybridized carbons (Fsp3) is 0.667. The Balaban J connectivity index is 1.81.